The fourth-order valence-electron chi connectivity index (χ4n) is 2.07. The molecule has 1 aromatic carbocycles. The Hall–Kier alpha value is -3.28. The number of aromatic nitrogens is 2. The third-order valence-electron chi connectivity index (χ3n) is 3.56. The molecular weight excluding hydrogens is 382 g/mol. The topological polar surface area (TPSA) is 194 Å². The quantitative estimate of drug-likeness (QED) is 0.209. The zero-order valence-corrected chi connectivity index (χ0v) is 15.7. The molecule has 2 unspecified atom stereocenters. The van der Waals surface area contributed by atoms with E-state index in [9.17, 15) is 14.4 Å². The van der Waals surface area contributed by atoms with Crippen LogP contribution in [0.15, 0.2) is 42.9 Å². The number of primary amides is 1. The molecular formula is C18H25N5O6. The Morgan fingerprint density at radius 1 is 1.17 bits per heavy atom. The van der Waals surface area contributed by atoms with Gasteiger partial charge in [-0.3, -0.25) is 19.7 Å². The lowest BCUT2D eigenvalue weighted by atomic mass is 10.2. The van der Waals surface area contributed by atoms with Crippen LogP contribution in [0.2, 0.25) is 0 Å². The maximum atomic E-state index is 10.8. The summed E-state index contributed by atoms with van der Waals surface area (Å²) in [6.07, 6.45) is 3.08. The van der Waals surface area contributed by atoms with Gasteiger partial charge in [0, 0.05) is 18.3 Å². The maximum absolute atomic E-state index is 10.8. The highest BCUT2D eigenvalue weighted by Gasteiger charge is 2.18. The molecule has 0 saturated heterocycles. The molecule has 158 valence electrons. The SMILES string of the molecule is NC(=O)CC(NCOCc1ccccc1)C(=O)O.NC(Cc1cnc[nH]1)C(=O)O. The van der Waals surface area contributed by atoms with Crippen LogP contribution in [0.25, 0.3) is 0 Å². The van der Waals surface area contributed by atoms with E-state index in [4.69, 9.17) is 26.4 Å². The number of benzene rings is 1. The van der Waals surface area contributed by atoms with Crippen LogP contribution >= 0.6 is 0 Å². The van der Waals surface area contributed by atoms with Gasteiger partial charge in [0.1, 0.15) is 12.1 Å². The molecule has 0 spiro atoms. The second-order valence-corrected chi connectivity index (χ2v) is 5.97. The number of carbonyl (C=O) groups excluding carboxylic acids is 1. The minimum absolute atomic E-state index is 0.0408. The number of imidazole rings is 1. The van der Waals surface area contributed by atoms with Crippen molar-refractivity contribution in [3.05, 3.63) is 54.1 Å². The summed E-state index contributed by atoms with van der Waals surface area (Å²) in [5.74, 6) is -2.80. The average Bonchev–Trinajstić information content (AvgIpc) is 3.18. The zero-order chi connectivity index (χ0) is 21.6. The van der Waals surface area contributed by atoms with Gasteiger partial charge in [0.25, 0.3) is 0 Å². The van der Waals surface area contributed by atoms with Gasteiger partial charge in [-0.15, -0.1) is 0 Å². The van der Waals surface area contributed by atoms with Gasteiger partial charge in [0.2, 0.25) is 5.91 Å². The summed E-state index contributed by atoms with van der Waals surface area (Å²) in [5, 5.41) is 19.8. The summed E-state index contributed by atoms with van der Waals surface area (Å²) < 4.78 is 5.26. The largest absolute Gasteiger partial charge is 0.480 e. The molecule has 2 aromatic rings. The van der Waals surface area contributed by atoms with Gasteiger partial charge in [0.15, 0.2) is 0 Å². The zero-order valence-electron chi connectivity index (χ0n) is 15.7. The molecule has 0 aliphatic carbocycles. The van der Waals surface area contributed by atoms with Crippen molar-refractivity contribution < 1.29 is 29.3 Å². The smallest absolute Gasteiger partial charge is 0.321 e. The van der Waals surface area contributed by atoms with Crippen molar-refractivity contribution in [2.45, 2.75) is 31.5 Å². The molecule has 8 N–H and O–H groups in total. The van der Waals surface area contributed by atoms with E-state index in [0.29, 0.717) is 6.61 Å². The Morgan fingerprint density at radius 3 is 2.38 bits per heavy atom. The van der Waals surface area contributed by atoms with Crippen molar-refractivity contribution in [3.8, 4) is 0 Å². The van der Waals surface area contributed by atoms with Gasteiger partial charge in [-0.1, -0.05) is 30.3 Å². The number of amides is 1. The minimum atomic E-state index is -1.13. The molecule has 11 nitrogen and oxygen atoms in total. The van der Waals surface area contributed by atoms with E-state index < -0.39 is 29.9 Å². The second-order valence-electron chi connectivity index (χ2n) is 5.97. The van der Waals surface area contributed by atoms with Crippen molar-refractivity contribution in [1.29, 1.82) is 0 Å². The summed E-state index contributed by atoms with van der Waals surface area (Å²) in [6, 6.07) is 7.61. The monoisotopic (exact) mass is 407 g/mol. The highest BCUT2D eigenvalue weighted by atomic mass is 16.5. The number of carbonyl (C=O) groups is 3. The van der Waals surface area contributed by atoms with E-state index in [-0.39, 0.29) is 19.6 Å². The summed E-state index contributed by atoms with van der Waals surface area (Å²) in [5.41, 5.74) is 11.9. The van der Waals surface area contributed by atoms with Crippen LogP contribution < -0.4 is 16.8 Å². The fraction of sp³-hybridized carbons (Fsp3) is 0.333. The molecule has 2 atom stereocenters. The molecule has 0 aliphatic rings. The van der Waals surface area contributed by atoms with Crippen LogP contribution in [-0.2, 0) is 32.1 Å². The van der Waals surface area contributed by atoms with Crippen molar-refractivity contribution in [3.63, 3.8) is 0 Å². The molecule has 2 rings (SSSR count). The average molecular weight is 407 g/mol. The van der Waals surface area contributed by atoms with E-state index in [0.717, 1.165) is 11.3 Å². The summed E-state index contributed by atoms with van der Waals surface area (Å²) in [7, 11) is 0. The number of H-pyrrole nitrogens is 1. The number of nitrogens with one attached hydrogen (secondary N) is 2. The minimum Gasteiger partial charge on any atom is -0.480 e. The Bertz CT molecular complexity index is 753. The predicted octanol–water partition coefficient (Wildman–Crippen LogP) is -0.557. The third-order valence-corrected chi connectivity index (χ3v) is 3.56. The van der Waals surface area contributed by atoms with Crippen LogP contribution in [0.3, 0.4) is 0 Å². The fourth-order valence-corrected chi connectivity index (χ4v) is 2.07. The Morgan fingerprint density at radius 2 is 1.86 bits per heavy atom. The first-order valence-electron chi connectivity index (χ1n) is 8.61. The maximum Gasteiger partial charge on any atom is 0.321 e. The van der Waals surface area contributed by atoms with Crippen molar-refractivity contribution >= 4 is 17.8 Å². The van der Waals surface area contributed by atoms with Gasteiger partial charge in [-0.25, -0.2) is 4.98 Å². The molecule has 11 heteroatoms. The number of aliphatic carboxylic acids is 2. The van der Waals surface area contributed by atoms with Crippen LogP contribution in [0.4, 0.5) is 0 Å². The number of carboxylic acid groups (broad SMARTS) is 2. The van der Waals surface area contributed by atoms with Crippen LogP contribution in [0, 0.1) is 0 Å². The van der Waals surface area contributed by atoms with E-state index >= 15 is 0 Å². The predicted molar refractivity (Wildman–Crippen MR) is 102 cm³/mol. The Kier molecular flexibility index (Phi) is 10.6. The summed E-state index contributed by atoms with van der Waals surface area (Å²) >= 11 is 0. The first-order valence-corrected chi connectivity index (χ1v) is 8.61. The number of nitrogens with zero attached hydrogens (tertiary/aromatic N) is 1. The van der Waals surface area contributed by atoms with E-state index in [1.807, 2.05) is 30.3 Å². The van der Waals surface area contributed by atoms with Gasteiger partial charge >= 0.3 is 11.9 Å². The third kappa shape index (κ3) is 10.6. The van der Waals surface area contributed by atoms with Gasteiger partial charge in [0.05, 0.1) is 26.1 Å². The van der Waals surface area contributed by atoms with E-state index in [2.05, 4.69) is 15.3 Å². The molecule has 1 aromatic heterocycles. The molecule has 1 amide bonds. The highest BCUT2D eigenvalue weighted by molar-refractivity contribution is 5.83. The molecule has 0 fully saturated rings. The summed E-state index contributed by atoms with van der Waals surface area (Å²) in [4.78, 5) is 38.2. The summed E-state index contributed by atoms with van der Waals surface area (Å²) in [6.45, 7) is 0.413. The van der Waals surface area contributed by atoms with E-state index in [1.54, 1.807) is 6.20 Å². The van der Waals surface area contributed by atoms with Crippen molar-refractivity contribution in [1.82, 2.24) is 15.3 Å². The number of ether oxygens (including phenoxy) is 1. The van der Waals surface area contributed by atoms with Crippen LogP contribution in [0.5, 0.6) is 0 Å². The van der Waals surface area contributed by atoms with Crippen LogP contribution in [-0.4, -0.2) is 56.8 Å². The first-order chi connectivity index (χ1) is 13.8. The van der Waals surface area contributed by atoms with E-state index in [1.165, 1.54) is 6.33 Å². The Labute approximate surface area is 167 Å². The number of hydrogen-bond acceptors (Lipinski definition) is 7. The second kappa shape index (κ2) is 13.0. The first kappa shape index (κ1) is 23.8. The number of aromatic amines is 1. The normalized spacial score (nSPS) is 12.3. The lowest BCUT2D eigenvalue weighted by Gasteiger charge is -2.12. The number of rotatable bonds is 11. The molecule has 29 heavy (non-hydrogen) atoms. The lowest BCUT2D eigenvalue weighted by Crippen LogP contribution is -2.41. The molecule has 0 saturated carbocycles. The van der Waals surface area contributed by atoms with Gasteiger partial charge in [-0.2, -0.15) is 0 Å². The molecule has 0 bridgehead atoms. The molecule has 0 radical (unpaired) electrons. The lowest BCUT2D eigenvalue weighted by molar-refractivity contribution is -0.142. The number of carboxylic acids is 2. The molecule has 0 aliphatic heterocycles. The van der Waals surface area contributed by atoms with Crippen LogP contribution in [0.1, 0.15) is 17.7 Å². The number of hydrogen-bond donors (Lipinski definition) is 6. The standard InChI is InChI=1S/C12H16N2O4.C6H9N3O2/c13-11(15)6-10(12(16)17)14-8-18-7-9-4-2-1-3-5-9;7-5(6(10)11)1-4-2-8-3-9-4/h1-5,10,14H,6-8H2,(H2,13,15)(H,16,17);2-3,5H,1,7H2,(H,8,9)(H,10,11). The number of nitrogens with two attached hydrogens (primary N) is 2. The van der Waals surface area contributed by atoms with Gasteiger partial charge in [-0.05, 0) is 5.56 Å². The van der Waals surface area contributed by atoms with Crippen molar-refractivity contribution in [2.75, 3.05) is 6.73 Å². The van der Waals surface area contributed by atoms with Gasteiger partial charge < -0.3 is 31.4 Å². The van der Waals surface area contributed by atoms with Crippen molar-refractivity contribution in [2.24, 2.45) is 11.5 Å². The molecule has 1 heterocycles. The Balaban J connectivity index is 0.000000326. The highest BCUT2D eigenvalue weighted by Crippen LogP contribution is 2.00.